The number of rotatable bonds is 6. The highest BCUT2D eigenvalue weighted by molar-refractivity contribution is 6.32. The summed E-state index contributed by atoms with van der Waals surface area (Å²) < 4.78 is 92.1. The number of hydrogen-bond donors (Lipinski definition) is 0. The van der Waals surface area contributed by atoms with Crippen molar-refractivity contribution in [3.05, 3.63) is 51.8 Å². The fraction of sp³-hybridized carbons (Fsp3) is 0.500. The number of piperazine rings is 1. The number of amides is 1. The van der Waals surface area contributed by atoms with Crippen LogP contribution >= 0.6 is 11.6 Å². The molecule has 3 rings (SSSR count). The maximum absolute atomic E-state index is 13.4. The molecule has 5 nitrogen and oxygen atoms in total. The molecule has 1 amide bonds. The number of hydrogen-bond acceptors (Lipinski definition) is 3. The van der Waals surface area contributed by atoms with E-state index in [1.165, 1.54) is 17.9 Å². The van der Waals surface area contributed by atoms with Crippen LogP contribution in [0.2, 0.25) is 5.02 Å². The molecule has 1 aliphatic heterocycles. The molecule has 0 saturated carbocycles. The van der Waals surface area contributed by atoms with Crippen molar-refractivity contribution >= 4 is 17.5 Å². The molecule has 0 bridgehead atoms. The second-order valence-corrected chi connectivity index (χ2v) is 7.98. The number of halogens is 8. The molecule has 1 aliphatic rings. The highest BCUT2D eigenvalue weighted by Gasteiger charge is 2.34. The van der Waals surface area contributed by atoms with Gasteiger partial charge in [-0.15, -0.1) is 0 Å². The van der Waals surface area contributed by atoms with Gasteiger partial charge in [-0.1, -0.05) is 29.8 Å². The minimum Gasteiger partial charge on any atom is -0.338 e. The van der Waals surface area contributed by atoms with Crippen LogP contribution in [0.25, 0.3) is 0 Å². The van der Waals surface area contributed by atoms with Crippen LogP contribution in [0.3, 0.4) is 0 Å². The number of aromatic nitrogens is 2. The normalized spacial score (nSPS) is 16.6. The van der Waals surface area contributed by atoms with Crippen molar-refractivity contribution in [2.75, 3.05) is 26.2 Å². The van der Waals surface area contributed by atoms with E-state index in [1.807, 2.05) is 4.90 Å². The van der Waals surface area contributed by atoms with Gasteiger partial charge in [-0.25, -0.2) is 22.2 Å². The Balaban J connectivity index is 1.66. The lowest BCUT2D eigenvalue weighted by Gasteiger charge is -2.36. The van der Waals surface area contributed by atoms with E-state index in [4.69, 9.17) is 11.6 Å². The first-order valence-corrected chi connectivity index (χ1v) is 10.3. The van der Waals surface area contributed by atoms with Crippen molar-refractivity contribution < 1.29 is 35.5 Å². The van der Waals surface area contributed by atoms with E-state index in [0.717, 1.165) is 12.1 Å². The van der Waals surface area contributed by atoms with E-state index < -0.39 is 53.0 Å². The van der Waals surface area contributed by atoms with Crippen LogP contribution < -0.4 is 0 Å². The molecule has 1 aromatic carbocycles. The average molecular weight is 501 g/mol. The third-order valence-electron chi connectivity index (χ3n) is 5.39. The molecule has 1 fully saturated rings. The van der Waals surface area contributed by atoms with Crippen molar-refractivity contribution in [3.63, 3.8) is 0 Å². The fourth-order valence-corrected chi connectivity index (χ4v) is 3.96. The summed E-state index contributed by atoms with van der Waals surface area (Å²) in [4.78, 5) is 16.1. The van der Waals surface area contributed by atoms with Crippen molar-refractivity contribution in [2.24, 2.45) is 0 Å². The van der Waals surface area contributed by atoms with Crippen molar-refractivity contribution in [1.29, 1.82) is 0 Å². The number of alkyl halides is 7. The second kappa shape index (κ2) is 9.88. The van der Waals surface area contributed by atoms with Crippen LogP contribution in [-0.4, -0.2) is 51.7 Å². The van der Waals surface area contributed by atoms with Gasteiger partial charge in [0.25, 0.3) is 12.9 Å². The molecule has 2 aromatic rings. The van der Waals surface area contributed by atoms with Gasteiger partial charge in [-0.3, -0.25) is 9.69 Å². The van der Waals surface area contributed by atoms with Gasteiger partial charge in [-0.2, -0.15) is 18.3 Å². The SMILES string of the molecule is CC(C(=O)N1CCN(Cc2cccc(C(F)(F)F)c2)CC1)n1nc(C(F)F)c(Cl)c1C(F)F. The Morgan fingerprint density at radius 2 is 1.73 bits per heavy atom. The maximum Gasteiger partial charge on any atom is 0.416 e. The van der Waals surface area contributed by atoms with Crippen LogP contribution in [0, 0.1) is 0 Å². The molecule has 0 N–H and O–H groups in total. The summed E-state index contributed by atoms with van der Waals surface area (Å²) in [6.45, 7) is 2.54. The molecule has 1 atom stereocenters. The number of nitrogens with zero attached hydrogens (tertiary/aromatic N) is 4. The van der Waals surface area contributed by atoms with Crippen molar-refractivity contribution in [3.8, 4) is 0 Å². The standard InChI is InChI=1S/C20H20ClF7N4O/c1-11(32-16(18(24)25)14(21)15(29-32)17(22)23)19(33)31-7-5-30(6-8-31)10-12-3-2-4-13(9-12)20(26,27)28/h2-4,9,11,17-18H,5-8,10H2,1H3. The minimum atomic E-state index is -4.45. The highest BCUT2D eigenvalue weighted by atomic mass is 35.5. The average Bonchev–Trinajstić information content (AvgIpc) is 3.10. The van der Waals surface area contributed by atoms with Crippen LogP contribution in [0.1, 0.15) is 48.3 Å². The van der Waals surface area contributed by atoms with Crippen LogP contribution in [0.15, 0.2) is 24.3 Å². The zero-order valence-corrected chi connectivity index (χ0v) is 18.1. The zero-order valence-electron chi connectivity index (χ0n) is 17.3. The number of carbonyl (C=O) groups is 1. The van der Waals surface area contributed by atoms with E-state index >= 15 is 0 Å². The first-order valence-electron chi connectivity index (χ1n) is 9.91. The molecule has 182 valence electrons. The quantitative estimate of drug-likeness (QED) is 0.503. The smallest absolute Gasteiger partial charge is 0.338 e. The monoisotopic (exact) mass is 500 g/mol. The van der Waals surface area contributed by atoms with Crippen LogP contribution in [-0.2, 0) is 17.5 Å². The van der Waals surface area contributed by atoms with Crippen LogP contribution in [0.5, 0.6) is 0 Å². The summed E-state index contributed by atoms with van der Waals surface area (Å²) in [5.41, 5.74) is -2.25. The summed E-state index contributed by atoms with van der Waals surface area (Å²) >= 11 is 5.64. The van der Waals surface area contributed by atoms with Gasteiger partial charge in [0.05, 0.1) is 10.6 Å². The lowest BCUT2D eigenvalue weighted by atomic mass is 10.1. The Morgan fingerprint density at radius 3 is 2.27 bits per heavy atom. The molecule has 13 heteroatoms. The van der Waals surface area contributed by atoms with E-state index in [0.29, 0.717) is 23.3 Å². The van der Waals surface area contributed by atoms with Crippen molar-refractivity contribution in [1.82, 2.24) is 19.6 Å². The number of carbonyl (C=O) groups excluding carboxylic acids is 1. The van der Waals surface area contributed by atoms with E-state index in [9.17, 15) is 35.5 Å². The van der Waals surface area contributed by atoms with Gasteiger partial charge >= 0.3 is 6.18 Å². The molecule has 2 heterocycles. The Bertz CT molecular complexity index is 987. The molecule has 33 heavy (non-hydrogen) atoms. The van der Waals surface area contributed by atoms with Gasteiger partial charge in [0, 0.05) is 32.7 Å². The molecule has 1 saturated heterocycles. The Kier molecular flexibility index (Phi) is 7.57. The Morgan fingerprint density at radius 1 is 1.09 bits per heavy atom. The van der Waals surface area contributed by atoms with Gasteiger partial charge in [0.15, 0.2) is 0 Å². The first kappa shape index (κ1) is 25.3. The molecule has 1 aromatic heterocycles. The first-order chi connectivity index (χ1) is 15.4. The van der Waals surface area contributed by atoms with Gasteiger partial charge in [-0.05, 0) is 18.6 Å². The van der Waals surface area contributed by atoms with Gasteiger partial charge in [0.1, 0.15) is 17.4 Å². The summed E-state index contributed by atoms with van der Waals surface area (Å²) in [5.74, 6) is -0.601. The summed E-state index contributed by atoms with van der Waals surface area (Å²) in [6, 6.07) is 3.64. The third-order valence-corrected chi connectivity index (χ3v) is 5.78. The number of benzene rings is 1. The van der Waals surface area contributed by atoms with Gasteiger partial charge in [0.2, 0.25) is 5.91 Å². The lowest BCUT2D eigenvalue weighted by Crippen LogP contribution is -2.50. The van der Waals surface area contributed by atoms with Gasteiger partial charge < -0.3 is 4.90 Å². The molecule has 0 radical (unpaired) electrons. The van der Waals surface area contributed by atoms with E-state index in [1.54, 1.807) is 6.07 Å². The molecule has 1 unspecified atom stereocenters. The summed E-state index contributed by atoms with van der Waals surface area (Å²) in [5, 5.41) is 2.58. The zero-order chi connectivity index (χ0) is 24.5. The van der Waals surface area contributed by atoms with Crippen LogP contribution in [0.4, 0.5) is 30.7 Å². The third kappa shape index (κ3) is 5.60. The summed E-state index contributed by atoms with van der Waals surface area (Å²) in [7, 11) is 0. The fourth-order valence-electron chi connectivity index (χ4n) is 3.68. The van der Waals surface area contributed by atoms with E-state index in [2.05, 4.69) is 5.10 Å². The highest BCUT2D eigenvalue weighted by Crippen LogP contribution is 2.36. The maximum atomic E-state index is 13.4. The predicted molar refractivity (Wildman–Crippen MR) is 105 cm³/mol. The Hall–Kier alpha value is -2.34. The largest absolute Gasteiger partial charge is 0.416 e. The molecular formula is C20H20ClF7N4O. The van der Waals surface area contributed by atoms with Crippen molar-refractivity contribution in [2.45, 2.75) is 38.5 Å². The summed E-state index contributed by atoms with van der Waals surface area (Å²) in [6.07, 6.45) is -10.8. The molecule has 0 spiro atoms. The lowest BCUT2D eigenvalue weighted by molar-refractivity contribution is -0.138. The molecule has 0 aliphatic carbocycles. The molecular weight excluding hydrogens is 481 g/mol. The Labute approximate surface area is 189 Å². The topological polar surface area (TPSA) is 41.4 Å². The minimum absolute atomic E-state index is 0.183. The van der Waals surface area contributed by atoms with E-state index in [-0.39, 0.29) is 19.6 Å². The second-order valence-electron chi connectivity index (χ2n) is 7.61. The predicted octanol–water partition coefficient (Wildman–Crippen LogP) is 5.34.